The Hall–Kier alpha value is -2.95. The second-order valence-corrected chi connectivity index (χ2v) is 4.58. The lowest BCUT2D eigenvalue weighted by molar-refractivity contribution is -0.121. The Labute approximate surface area is 121 Å². The number of hydrogen-bond acceptors (Lipinski definition) is 3. The molecule has 0 fully saturated rings. The van der Waals surface area contributed by atoms with E-state index in [1.165, 1.54) is 0 Å². The first-order valence-electron chi connectivity index (χ1n) is 6.59. The van der Waals surface area contributed by atoms with Crippen molar-refractivity contribution in [1.82, 2.24) is 15.0 Å². The van der Waals surface area contributed by atoms with Crippen LogP contribution in [0.1, 0.15) is 5.56 Å². The number of amides is 1. The van der Waals surface area contributed by atoms with Crippen molar-refractivity contribution in [3.05, 3.63) is 66.6 Å². The van der Waals surface area contributed by atoms with Gasteiger partial charge in [-0.25, -0.2) is 5.43 Å². The van der Waals surface area contributed by atoms with E-state index >= 15 is 0 Å². The number of carbonyl (C=O) groups is 1. The summed E-state index contributed by atoms with van der Waals surface area (Å²) in [5.74, 6) is -0.170. The molecule has 0 aliphatic carbocycles. The third kappa shape index (κ3) is 3.14. The third-order valence-electron chi connectivity index (χ3n) is 3.08. The van der Waals surface area contributed by atoms with Crippen LogP contribution in [0.3, 0.4) is 0 Å². The SMILES string of the molecule is O=C(Cn1ccc2ccccc21)N/N=C/c1cccnc1. The summed E-state index contributed by atoms with van der Waals surface area (Å²) >= 11 is 0. The average Bonchev–Trinajstić information content (AvgIpc) is 2.92. The van der Waals surface area contributed by atoms with Crippen molar-refractivity contribution in [2.24, 2.45) is 5.10 Å². The molecule has 0 radical (unpaired) electrons. The van der Waals surface area contributed by atoms with Crippen molar-refractivity contribution >= 4 is 23.0 Å². The number of fused-ring (bicyclic) bond motifs is 1. The second kappa shape index (κ2) is 6.00. The van der Waals surface area contributed by atoms with Gasteiger partial charge in [0.05, 0.1) is 6.21 Å². The molecule has 0 saturated heterocycles. The van der Waals surface area contributed by atoms with Crippen LogP contribution in [0, 0.1) is 0 Å². The van der Waals surface area contributed by atoms with Crippen LogP contribution >= 0.6 is 0 Å². The topological polar surface area (TPSA) is 59.3 Å². The monoisotopic (exact) mass is 278 g/mol. The molecular formula is C16H14N4O. The molecule has 104 valence electrons. The molecule has 0 spiro atoms. The number of benzene rings is 1. The van der Waals surface area contributed by atoms with E-state index in [9.17, 15) is 4.79 Å². The van der Waals surface area contributed by atoms with Crippen LogP contribution in [-0.2, 0) is 11.3 Å². The number of rotatable bonds is 4. The Morgan fingerprint density at radius 3 is 3.00 bits per heavy atom. The minimum atomic E-state index is -0.170. The highest BCUT2D eigenvalue weighted by Gasteiger charge is 2.04. The Bertz CT molecular complexity index is 777. The van der Waals surface area contributed by atoms with Crippen LogP contribution in [0.4, 0.5) is 0 Å². The number of nitrogens with one attached hydrogen (secondary N) is 1. The molecule has 1 aromatic carbocycles. The van der Waals surface area contributed by atoms with Gasteiger partial charge in [-0.3, -0.25) is 9.78 Å². The van der Waals surface area contributed by atoms with E-state index in [1.54, 1.807) is 18.6 Å². The van der Waals surface area contributed by atoms with Gasteiger partial charge < -0.3 is 4.57 Å². The number of nitrogens with zero attached hydrogens (tertiary/aromatic N) is 3. The zero-order valence-corrected chi connectivity index (χ0v) is 11.3. The molecule has 2 heterocycles. The number of hydrogen-bond donors (Lipinski definition) is 1. The Kier molecular flexibility index (Phi) is 3.73. The number of aromatic nitrogens is 2. The molecule has 0 atom stereocenters. The lowest BCUT2D eigenvalue weighted by Gasteiger charge is -2.03. The van der Waals surface area contributed by atoms with Crippen molar-refractivity contribution in [3.8, 4) is 0 Å². The summed E-state index contributed by atoms with van der Waals surface area (Å²) in [6.45, 7) is 0.234. The maximum absolute atomic E-state index is 11.9. The predicted molar refractivity (Wildman–Crippen MR) is 81.9 cm³/mol. The van der Waals surface area contributed by atoms with Gasteiger partial charge in [0, 0.05) is 29.7 Å². The summed E-state index contributed by atoms with van der Waals surface area (Å²) in [7, 11) is 0. The van der Waals surface area contributed by atoms with Gasteiger partial charge >= 0.3 is 0 Å². The maximum Gasteiger partial charge on any atom is 0.259 e. The van der Waals surface area contributed by atoms with Crippen molar-refractivity contribution in [3.63, 3.8) is 0 Å². The fourth-order valence-electron chi connectivity index (χ4n) is 2.10. The molecule has 0 aliphatic rings. The highest BCUT2D eigenvalue weighted by molar-refractivity contribution is 5.84. The smallest absolute Gasteiger partial charge is 0.259 e. The van der Waals surface area contributed by atoms with E-state index in [1.807, 2.05) is 53.2 Å². The van der Waals surface area contributed by atoms with Gasteiger partial charge in [0.2, 0.25) is 0 Å². The largest absolute Gasteiger partial charge is 0.338 e. The van der Waals surface area contributed by atoms with Gasteiger partial charge in [-0.15, -0.1) is 0 Å². The van der Waals surface area contributed by atoms with Crippen LogP contribution in [0.5, 0.6) is 0 Å². The van der Waals surface area contributed by atoms with Crippen LogP contribution in [0.15, 0.2) is 66.2 Å². The molecule has 3 rings (SSSR count). The van der Waals surface area contributed by atoms with E-state index < -0.39 is 0 Å². The minimum absolute atomic E-state index is 0.170. The second-order valence-electron chi connectivity index (χ2n) is 4.58. The van der Waals surface area contributed by atoms with Crippen LogP contribution in [0.2, 0.25) is 0 Å². The van der Waals surface area contributed by atoms with E-state index in [0.29, 0.717) is 0 Å². The lowest BCUT2D eigenvalue weighted by Crippen LogP contribution is -2.22. The molecule has 0 saturated carbocycles. The first-order valence-corrected chi connectivity index (χ1v) is 6.59. The van der Waals surface area contributed by atoms with Crippen LogP contribution in [-0.4, -0.2) is 21.7 Å². The number of hydrazone groups is 1. The van der Waals surface area contributed by atoms with Crippen molar-refractivity contribution in [2.45, 2.75) is 6.54 Å². The van der Waals surface area contributed by atoms with Crippen LogP contribution in [0.25, 0.3) is 10.9 Å². The molecule has 2 aromatic heterocycles. The summed E-state index contributed by atoms with van der Waals surface area (Å²) < 4.78 is 1.89. The Morgan fingerprint density at radius 2 is 2.14 bits per heavy atom. The summed E-state index contributed by atoms with van der Waals surface area (Å²) in [5.41, 5.74) is 4.38. The standard InChI is InChI=1S/C16H14N4O/c21-16(19-18-11-13-4-3-8-17-10-13)12-20-9-7-14-5-1-2-6-15(14)20/h1-11H,12H2,(H,19,21)/b18-11+. The molecule has 1 amide bonds. The molecule has 5 nitrogen and oxygen atoms in total. The van der Waals surface area contributed by atoms with Crippen molar-refractivity contribution < 1.29 is 4.79 Å². The molecule has 0 bridgehead atoms. The first-order chi connectivity index (χ1) is 10.3. The fourth-order valence-corrected chi connectivity index (χ4v) is 2.10. The fraction of sp³-hybridized carbons (Fsp3) is 0.0625. The van der Waals surface area contributed by atoms with Crippen molar-refractivity contribution in [2.75, 3.05) is 0 Å². The summed E-state index contributed by atoms with van der Waals surface area (Å²) in [6, 6.07) is 13.6. The molecule has 0 aliphatic heterocycles. The summed E-state index contributed by atoms with van der Waals surface area (Å²) in [6.07, 6.45) is 6.83. The molecule has 5 heteroatoms. The molecule has 1 N–H and O–H groups in total. The Morgan fingerprint density at radius 1 is 1.24 bits per heavy atom. The first kappa shape index (κ1) is 13.1. The normalized spacial score (nSPS) is 11.0. The van der Waals surface area contributed by atoms with Crippen molar-refractivity contribution in [1.29, 1.82) is 0 Å². The minimum Gasteiger partial charge on any atom is -0.338 e. The molecule has 3 aromatic rings. The highest BCUT2D eigenvalue weighted by atomic mass is 16.2. The van der Waals surface area contributed by atoms with Gasteiger partial charge in [0.15, 0.2) is 0 Å². The predicted octanol–water partition coefficient (Wildman–Crippen LogP) is 2.19. The molecule has 0 unspecified atom stereocenters. The molecular weight excluding hydrogens is 264 g/mol. The van der Waals surface area contributed by atoms with Gasteiger partial charge in [-0.2, -0.15) is 5.10 Å². The quantitative estimate of drug-likeness (QED) is 0.587. The number of para-hydroxylation sites is 1. The van der Waals surface area contributed by atoms with E-state index in [4.69, 9.17) is 0 Å². The van der Waals surface area contributed by atoms with Gasteiger partial charge in [0.25, 0.3) is 5.91 Å². The van der Waals surface area contributed by atoms with Gasteiger partial charge in [-0.1, -0.05) is 24.3 Å². The zero-order valence-electron chi connectivity index (χ0n) is 11.3. The highest BCUT2D eigenvalue weighted by Crippen LogP contribution is 2.14. The van der Waals surface area contributed by atoms with Gasteiger partial charge in [0.1, 0.15) is 6.54 Å². The Balaban J connectivity index is 1.63. The zero-order chi connectivity index (χ0) is 14.5. The van der Waals surface area contributed by atoms with E-state index in [0.717, 1.165) is 16.5 Å². The van der Waals surface area contributed by atoms with E-state index in [-0.39, 0.29) is 12.5 Å². The average molecular weight is 278 g/mol. The summed E-state index contributed by atoms with van der Waals surface area (Å²) in [4.78, 5) is 15.9. The van der Waals surface area contributed by atoms with E-state index in [2.05, 4.69) is 15.5 Å². The summed E-state index contributed by atoms with van der Waals surface area (Å²) in [5, 5.41) is 5.04. The number of pyridine rings is 1. The van der Waals surface area contributed by atoms with Crippen LogP contribution < -0.4 is 5.43 Å². The number of carbonyl (C=O) groups excluding carboxylic acids is 1. The third-order valence-corrected chi connectivity index (χ3v) is 3.08. The maximum atomic E-state index is 11.9. The molecule has 21 heavy (non-hydrogen) atoms. The van der Waals surface area contributed by atoms with Gasteiger partial charge in [-0.05, 0) is 23.6 Å². The lowest BCUT2D eigenvalue weighted by atomic mass is 10.2.